The molecule has 0 aliphatic heterocycles. The molecule has 2 rings (SSSR count). The van der Waals surface area contributed by atoms with E-state index in [-0.39, 0.29) is 5.91 Å². The number of anilines is 1. The molecule has 18 heavy (non-hydrogen) atoms. The maximum atomic E-state index is 12.0. The highest BCUT2D eigenvalue weighted by Crippen LogP contribution is 2.26. The van der Waals surface area contributed by atoms with E-state index in [2.05, 4.69) is 33.0 Å². The first-order valence-electron chi connectivity index (χ1n) is 4.93. The second kappa shape index (κ2) is 5.46. The minimum absolute atomic E-state index is 0.316. The van der Waals surface area contributed by atoms with Crippen LogP contribution in [0.15, 0.2) is 24.4 Å². The summed E-state index contributed by atoms with van der Waals surface area (Å²) in [6.07, 6.45) is 1.76. The number of hydrogen-bond acceptors (Lipinski definition) is 2. The molecule has 0 spiro atoms. The molecule has 0 bridgehead atoms. The Hall–Kier alpha value is -0.790. The number of rotatable bonds is 2. The molecule has 1 amide bonds. The standard InChI is InChI=1S/C11H8Cl2IN3O/c1-17-5-8(14)10(16-17)11(18)15-9-4-6(12)2-3-7(9)13/h2-5H,1H3,(H,15,18). The Balaban J connectivity index is 2.26. The largest absolute Gasteiger partial charge is 0.319 e. The summed E-state index contributed by atoms with van der Waals surface area (Å²) in [7, 11) is 1.76. The Labute approximate surface area is 127 Å². The van der Waals surface area contributed by atoms with Gasteiger partial charge < -0.3 is 5.32 Å². The van der Waals surface area contributed by atoms with E-state index < -0.39 is 0 Å². The molecule has 0 atom stereocenters. The summed E-state index contributed by atoms with van der Waals surface area (Å²) in [5.74, 6) is -0.316. The third kappa shape index (κ3) is 2.96. The number of carbonyl (C=O) groups excluding carboxylic acids is 1. The normalized spacial score (nSPS) is 10.4. The van der Waals surface area contributed by atoms with Gasteiger partial charge in [-0.1, -0.05) is 23.2 Å². The van der Waals surface area contributed by atoms with Gasteiger partial charge in [-0.15, -0.1) is 0 Å². The van der Waals surface area contributed by atoms with E-state index in [1.54, 1.807) is 36.1 Å². The maximum absolute atomic E-state index is 12.0. The molecule has 0 radical (unpaired) electrons. The van der Waals surface area contributed by atoms with Gasteiger partial charge in [0.25, 0.3) is 5.91 Å². The Kier molecular flexibility index (Phi) is 4.14. The summed E-state index contributed by atoms with van der Waals surface area (Å²) < 4.78 is 2.35. The van der Waals surface area contributed by atoms with Crippen LogP contribution in [0.4, 0.5) is 5.69 Å². The Morgan fingerprint density at radius 2 is 2.17 bits per heavy atom. The zero-order valence-corrected chi connectivity index (χ0v) is 12.9. The number of amides is 1. The number of benzene rings is 1. The predicted octanol–water partition coefficient (Wildman–Crippen LogP) is 3.58. The summed E-state index contributed by atoms with van der Waals surface area (Å²) in [5.41, 5.74) is 0.824. The van der Waals surface area contributed by atoms with Crippen LogP contribution in [0.5, 0.6) is 0 Å². The van der Waals surface area contributed by atoms with Crippen molar-refractivity contribution in [2.45, 2.75) is 0 Å². The van der Waals surface area contributed by atoms with Crippen molar-refractivity contribution in [1.82, 2.24) is 9.78 Å². The summed E-state index contributed by atoms with van der Waals surface area (Å²) in [6.45, 7) is 0. The van der Waals surface area contributed by atoms with Gasteiger partial charge in [-0.2, -0.15) is 5.10 Å². The van der Waals surface area contributed by atoms with Gasteiger partial charge in [0.2, 0.25) is 0 Å². The van der Waals surface area contributed by atoms with E-state index in [1.807, 2.05) is 0 Å². The number of nitrogens with one attached hydrogen (secondary N) is 1. The molecule has 1 aromatic carbocycles. The lowest BCUT2D eigenvalue weighted by atomic mass is 10.3. The van der Waals surface area contributed by atoms with E-state index in [0.29, 0.717) is 21.4 Å². The van der Waals surface area contributed by atoms with Crippen LogP contribution in [0.1, 0.15) is 10.5 Å². The van der Waals surface area contributed by atoms with Gasteiger partial charge in [0.15, 0.2) is 5.69 Å². The molecule has 1 aromatic heterocycles. The van der Waals surface area contributed by atoms with Crippen molar-refractivity contribution in [3.63, 3.8) is 0 Å². The Bertz CT molecular complexity index is 612. The molecule has 0 aliphatic carbocycles. The highest BCUT2D eigenvalue weighted by Gasteiger charge is 2.15. The lowest BCUT2D eigenvalue weighted by Gasteiger charge is -2.06. The topological polar surface area (TPSA) is 46.9 Å². The van der Waals surface area contributed by atoms with Crippen molar-refractivity contribution >= 4 is 57.4 Å². The number of aromatic nitrogens is 2. The molecule has 7 heteroatoms. The molecule has 94 valence electrons. The SMILES string of the molecule is Cn1cc(I)c(C(=O)Nc2cc(Cl)ccc2Cl)n1. The zero-order chi connectivity index (χ0) is 13.3. The maximum Gasteiger partial charge on any atom is 0.277 e. The zero-order valence-electron chi connectivity index (χ0n) is 9.25. The number of halogens is 3. The van der Waals surface area contributed by atoms with Crippen LogP contribution in [-0.2, 0) is 7.05 Å². The lowest BCUT2D eigenvalue weighted by molar-refractivity contribution is 0.102. The first-order valence-corrected chi connectivity index (χ1v) is 6.76. The fourth-order valence-electron chi connectivity index (χ4n) is 1.39. The van der Waals surface area contributed by atoms with E-state index in [0.717, 1.165) is 3.57 Å². The van der Waals surface area contributed by atoms with Gasteiger partial charge in [-0.05, 0) is 40.8 Å². The van der Waals surface area contributed by atoms with Crippen molar-refractivity contribution in [1.29, 1.82) is 0 Å². The summed E-state index contributed by atoms with van der Waals surface area (Å²) >= 11 is 13.9. The number of aryl methyl sites for hydroxylation is 1. The van der Waals surface area contributed by atoms with E-state index >= 15 is 0 Å². The third-order valence-electron chi connectivity index (χ3n) is 2.18. The lowest BCUT2D eigenvalue weighted by Crippen LogP contribution is -2.14. The highest BCUT2D eigenvalue weighted by atomic mass is 127. The van der Waals surface area contributed by atoms with Crippen molar-refractivity contribution in [2.75, 3.05) is 5.32 Å². The average molecular weight is 396 g/mol. The monoisotopic (exact) mass is 395 g/mol. The minimum atomic E-state index is -0.316. The van der Waals surface area contributed by atoms with Crippen LogP contribution in [0.25, 0.3) is 0 Å². The first kappa shape index (κ1) is 13.6. The molecule has 4 nitrogen and oxygen atoms in total. The summed E-state index contributed by atoms with van der Waals surface area (Å²) in [6, 6.07) is 4.88. The molecule has 2 aromatic rings. The smallest absolute Gasteiger partial charge is 0.277 e. The molecular weight excluding hydrogens is 388 g/mol. The molecular formula is C11H8Cl2IN3O. The minimum Gasteiger partial charge on any atom is -0.319 e. The van der Waals surface area contributed by atoms with Crippen molar-refractivity contribution in [3.05, 3.63) is 43.7 Å². The third-order valence-corrected chi connectivity index (χ3v) is 3.53. The van der Waals surface area contributed by atoms with E-state index in [1.165, 1.54) is 0 Å². The molecule has 0 fully saturated rings. The van der Waals surface area contributed by atoms with E-state index in [4.69, 9.17) is 23.2 Å². The second-order valence-corrected chi connectivity index (χ2v) is 5.58. The Morgan fingerprint density at radius 1 is 1.44 bits per heavy atom. The van der Waals surface area contributed by atoms with Gasteiger partial charge in [0.05, 0.1) is 14.3 Å². The molecule has 0 saturated carbocycles. The fourth-order valence-corrected chi connectivity index (χ4v) is 2.48. The average Bonchev–Trinajstić information content (AvgIpc) is 2.63. The molecule has 0 saturated heterocycles. The van der Waals surface area contributed by atoms with Crippen LogP contribution < -0.4 is 5.32 Å². The summed E-state index contributed by atoms with van der Waals surface area (Å²) in [5, 5.41) is 7.70. The van der Waals surface area contributed by atoms with Crippen LogP contribution in [0, 0.1) is 3.57 Å². The van der Waals surface area contributed by atoms with Crippen molar-refractivity contribution in [3.8, 4) is 0 Å². The van der Waals surface area contributed by atoms with Gasteiger partial charge in [0, 0.05) is 18.3 Å². The molecule has 0 unspecified atom stereocenters. The number of nitrogens with zero attached hydrogens (tertiary/aromatic N) is 2. The number of carbonyl (C=O) groups is 1. The van der Waals surface area contributed by atoms with Gasteiger partial charge in [0.1, 0.15) is 0 Å². The van der Waals surface area contributed by atoms with Gasteiger partial charge >= 0.3 is 0 Å². The molecule has 1 heterocycles. The van der Waals surface area contributed by atoms with Crippen LogP contribution in [0.2, 0.25) is 10.0 Å². The second-order valence-electron chi connectivity index (χ2n) is 3.58. The van der Waals surface area contributed by atoms with Crippen LogP contribution >= 0.6 is 45.8 Å². The molecule has 1 N–H and O–H groups in total. The molecule has 0 aliphatic rings. The fraction of sp³-hybridized carbons (Fsp3) is 0.0909. The first-order chi connectivity index (χ1) is 8.47. The highest BCUT2D eigenvalue weighted by molar-refractivity contribution is 14.1. The predicted molar refractivity (Wildman–Crippen MR) is 80.3 cm³/mol. The van der Waals surface area contributed by atoms with Crippen LogP contribution in [0.3, 0.4) is 0 Å². The summed E-state index contributed by atoms with van der Waals surface area (Å²) in [4.78, 5) is 12.0. The quantitative estimate of drug-likeness (QED) is 0.790. The Morgan fingerprint density at radius 3 is 2.78 bits per heavy atom. The van der Waals surface area contributed by atoms with E-state index in [9.17, 15) is 4.79 Å². The van der Waals surface area contributed by atoms with Crippen molar-refractivity contribution < 1.29 is 4.79 Å². The van der Waals surface area contributed by atoms with Crippen LogP contribution in [-0.4, -0.2) is 15.7 Å². The van der Waals surface area contributed by atoms with Crippen molar-refractivity contribution in [2.24, 2.45) is 7.05 Å². The van der Waals surface area contributed by atoms with Gasteiger partial charge in [-0.3, -0.25) is 9.48 Å². The van der Waals surface area contributed by atoms with Gasteiger partial charge in [-0.25, -0.2) is 0 Å². The number of hydrogen-bond donors (Lipinski definition) is 1.